The fourth-order valence-corrected chi connectivity index (χ4v) is 4.91. The van der Waals surface area contributed by atoms with Crippen LogP contribution in [0.5, 0.6) is 5.75 Å². The number of ether oxygens (including phenoxy) is 1. The van der Waals surface area contributed by atoms with Crippen LogP contribution in [0.25, 0.3) is 32.5 Å². The van der Waals surface area contributed by atoms with Gasteiger partial charge in [-0.15, -0.1) is 10.2 Å². The zero-order valence-electron chi connectivity index (χ0n) is 20.0. The predicted molar refractivity (Wildman–Crippen MR) is 139 cm³/mol. The number of aromatic nitrogens is 4. The van der Waals surface area contributed by atoms with Gasteiger partial charge in [-0.05, 0) is 47.5 Å². The summed E-state index contributed by atoms with van der Waals surface area (Å²) in [6.45, 7) is 2.00. The maximum absolute atomic E-state index is 13.0. The second-order valence-electron chi connectivity index (χ2n) is 8.33. The van der Waals surface area contributed by atoms with E-state index in [1.54, 1.807) is 11.6 Å². The number of carbonyl (C=O) groups is 1. The molecule has 6 rings (SSSR count). The van der Waals surface area contributed by atoms with E-state index in [0.717, 1.165) is 27.3 Å². The van der Waals surface area contributed by atoms with Crippen LogP contribution in [0.1, 0.15) is 5.56 Å². The quantitative estimate of drug-likeness (QED) is 0.344. The lowest BCUT2D eigenvalue weighted by Crippen LogP contribution is -2.21. The smallest absolute Gasteiger partial charge is 0.440 e. The fraction of sp³-hybridized carbons (Fsp3) is 0.0741. The summed E-state index contributed by atoms with van der Waals surface area (Å²) >= 11 is 1.43. The maximum atomic E-state index is 13.0. The molecule has 1 aliphatic rings. The van der Waals surface area contributed by atoms with Gasteiger partial charge in [0.15, 0.2) is 5.82 Å². The molecule has 0 saturated heterocycles. The molecule has 9 nitrogen and oxygen atoms in total. The standard InChI is InChI=1S/C27H20N6O3S/c1-17-8-12-20(13-9-17)32-24(26(34)36-31-32)22-16-23(18-10-14-21(35-2)15-11-18)37-27-29-28-25(33(27)30-22)19-6-4-3-5-7-19/h3-16H,1-2H3/p+1. The van der Waals surface area contributed by atoms with E-state index >= 15 is 0 Å². The molecule has 0 aliphatic carbocycles. The molecule has 0 spiro atoms. The average molecular weight is 510 g/mol. The van der Waals surface area contributed by atoms with E-state index in [-0.39, 0.29) is 5.70 Å². The molecular formula is C27H21N6O3S+. The van der Waals surface area contributed by atoms with Crippen LogP contribution in [0, 0.1) is 6.92 Å². The SMILES string of the molecule is COc1ccc(-c2cc(=C3C(=O)ON=[N+]3c3ccc(C)cc3)[nH]n3c(-c4ccccc4)nnc3s2)cc1. The highest BCUT2D eigenvalue weighted by molar-refractivity contribution is 7.19. The minimum absolute atomic E-state index is 0.246. The molecule has 0 atom stereocenters. The number of aryl methyl sites for hydroxylation is 1. The molecule has 1 aliphatic heterocycles. The van der Waals surface area contributed by atoms with Crippen molar-refractivity contribution in [2.45, 2.75) is 6.92 Å². The number of carbonyl (C=O) groups excluding carboxylic acids is 1. The van der Waals surface area contributed by atoms with Crippen LogP contribution in [0.15, 0.2) is 90.2 Å². The third kappa shape index (κ3) is 4.23. The van der Waals surface area contributed by atoms with Gasteiger partial charge >= 0.3 is 11.7 Å². The van der Waals surface area contributed by atoms with Gasteiger partial charge in [-0.25, -0.2) is 9.31 Å². The first-order valence-electron chi connectivity index (χ1n) is 11.5. The fourth-order valence-electron chi connectivity index (χ4n) is 3.98. The van der Waals surface area contributed by atoms with Crippen molar-refractivity contribution < 1.29 is 19.1 Å². The minimum atomic E-state index is -0.573. The molecule has 3 aromatic carbocycles. The first-order valence-corrected chi connectivity index (χ1v) is 12.3. The number of methoxy groups -OCH3 is 1. The topological polar surface area (TPSA) is 96.9 Å². The first kappa shape index (κ1) is 22.6. The molecule has 0 unspecified atom stereocenters. The minimum Gasteiger partial charge on any atom is -0.497 e. The summed E-state index contributed by atoms with van der Waals surface area (Å²) in [5.41, 5.74) is 3.84. The van der Waals surface area contributed by atoms with Gasteiger partial charge in [-0.3, -0.25) is 9.94 Å². The highest BCUT2D eigenvalue weighted by Crippen LogP contribution is 2.28. The molecule has 37 heavy (non-hydrogen) atoms. The highest BCUT2D eigenvalue weighted by Gasteiger charge is 2.38. The molecule has 3 heterocycles. The molecule has 0 bridgehead atoms. The lowest BCUT2D eigenvalue weighted by molar-refractivity contribution is -0.428. The van der Waals surface area contributed by atoms with Crippen LogP contribution in [0.4, 0.5) is 5.69 Å². The molecule has 0 fully saturated rings. The van der Waals surface area contributed by atoms with Gasteiger partial charge in [0.05, 0.1) is 7.11 Å². The number of nitrogens with zero attached hydrogens (tertiary/aromatic N) is 5. The monoisotopic (exact) mass is 509 g/mol. The van der Waals surface area contributed by atoms with E-state index in [1.165, 1.54) is 16.0 Å². The first-order chi connectivity index (χ1) is 18.1. The van der Waals surface area contributed by atoms with Crippen molar-refractivity contribution in [3.8, 4) is 27.6 Å². The largest absolute Gasteiger partial charge is 0.497 e. The third-order valence-corrected chi connectivity index (χ3v) is 6.91. The van der Waals surface area contributed by atoms with Gasteiger partial charge in [-0.1, -0.05) is 59.4 Å². The summed E-state index contributed by atoms with van der Waals surface area (Å²) in [5.74, 6) is 0.782. The van der Waals surface area contributed by atoms with Crippen molar-refractivity contribution in [1.29, 1.82) is 0 Å². The molecule has 0 amide bonds. The Labute approximate surface area is 215 Å². The lowest BCUT2D eigenvalue weighted by Gasteiger charge is -2.01. The van der Waals surface area contributed by atoms with E-state index < -0.39 is 5.97 Å². The van der Waals surface area contributed by atoms with E-state index in [0.29, 0.717) is 21.8 Å². The molecule has 182 valence electrons. The molecular weight excluding hydrogens is 488 g/mol. The Hall–Kier alpha value is -4.83. The molecule has 2 aromatic heterocycles. The number of benzene rings is 3. The van der Waals surface area contributed by atoms with Crippen molar-refractivity contribution in [3.05, 3.63) is 95.8 Å². The molecule has 0 radical (unpaired) electrons. The maximum Gasteiger partial charge on any atom is 0.440 e. The number of rotatable bonds is 4. The van der Waals surface area contributed by atoms with Crippen LogP contribution in [-0.2, 0) is 9.63 Å². The molecule has 5 aromatic rings. The Morgan fingerprint density at radius 1 is 0.946 bits per heavy atom. The summed E-state index contributed by atoms with van der Waals surface area (Å²) in [5, 5.41) is 16.8. The number of fused-ring (bicyclic) bond motifs is 1. The van der Waals surface area contributed by atoms with Gasteiger partial charge in [0, 0.05) is 22.6 Å². The van der Waals surface area contributed by atoms with Gasteiger partial charge in [0.1, 0.15) is 11.1 Å². The van der Waals surface area contributed by atoms with Crippen molar-refractivity contribution in [3.63, 3.8) is 0 Å². The van der Waals surface area contributed by atoms with Crippen molar-refractivity contribution in [1.82, 2.24) is 19.8 Å². The summed E-state index contributed by atoms with van der Waals surface area (Å²) in [6.07, 6.45) is 0. The van der Waals surface area contributed by atoms with E-state index in [2.05, 4.69) is 20.6 Å². The Balaban J connectivity index is 1.67. The summed E-state index contributed by atoms with van der Waals surface area (Å²) < 4.78 is 8.59. The number of aromatic amines is 1. The lowest BCUT2D eigenvalue weighted by atomic mass is 10.2. The predicted octanol–water partition coefficient (Wildman–Crippen LogP) is 4.99. The number of H-pyrrole nitrogens is 1. The zero-order chi connectivity index (χ0) is 25.4. The van der Waals surface area contributed by atoms with E-state index in [1.807, 2.05) is 91.9 Å². The van der Waals surface area contributed by atoms with Gasteiger partial charge < -0.3 is 4.74 Å². The normalized spacial score (nSPS) is 14.4. The van der Waals surface area contributed by atoms with Crippen LogP contribution in [0.3, 0.4) is 0 Å². The Morgan fingerprint density at radius 3 is 2.43 bits per heavy atom. The van der Waals surface area contributed by atoms with Crippen LogP contribution >= 0.6 is 11.3 Å². The van der Waals surface area contributed by atoms with Crippen LogP contribution < -0.4 is 10.1 Å². The van der Waals surface area contributed by atoms with Crippen molar-refractivity contribution >= 4 is 33.7 Å². The third-order valence-electron chi connectivity index (χ3n) is 5.89. The Morgan fingerprint density at radius 2 is 1.70 bits per heavy atom. The Kier molecular flexibility index (Phi) is 5.70. The van der Waals surface area contributed by atoms with Gasteiger partial charge in [0.2, 0.25) is 15.9 Å². The second kappa shape index (κ2) is 9.32. The average Bonchev–Trinajstić information content (AvgIpc) is 3.46. The summed E-state index contributed by atoms with van der Waals surface area (Å²) in [7, 11) is 1.63. The van der Waals surface area contributed by atoms with E-state index in [4.69, 9.17) is 9.57 Å². The summed E-state index contributed by atoms with van der Waals surface area (Å²) in [6, 6.07) is 27.0. The van der Waals surface area contributed by atoms with Gasteiger partial charge in [-0.2, -0.15) is 0 Å². The number of hydrogen-bond acceptors (Lipinski definition) is 7. The Bertz CT molecular complexity index is 1750. The molecule has 0 saturated carbocycles. The zero-order valence-corrected chi connectivity index (χ0v) is 20.8. The number of hydrogen-bond donors (Lipinski definition) is 1. The van der Waals surface area contributed by atoms with E-state index in [9.17, 15) is 4.79 Å². The highest BCUT2D eigenvalue weighted by atomic mass is 32.1. The van der Waals surface area contributed by atoms with Crippen LogP contribution in [-0.4, -0.2) is 37.6 Å². The van der Waals surface area contributed by atoms with Crippen LogP contribution in [0.2, 0.25) is 0 Å². The van der Waals surface area contributed by atoms with Gasteiger partial charge in [0.25, 0.3) is 0 Å². The second-order valence-corrected chi connectivity index (χ2v) is 9.34. The molecule has 1 N–H and O–H groups in total. The molecule has 10 heteroatoms. The van der Waals surface area contributed by atoms with Crippen molar-refractivity contribution in [2.24, 2.45) is 5.28 Å². The van der Waals surface area contributed by atoms with Crippen molar-refractivity contribution in [2.75, 3.05) is 7.11 Å². The number of nitrogens with one attached hydrogen (secondary N) is 1. The summed E-state index contributed by atoms with van der Waals surface area (Å²) in [4.78, 5) is 19.6.